The summed E-state index contributed by atoms with van der Waals surface area (Å²) in [5, 5.41) is 14.8. The minimum Gasteiger partial charge on any atom is -2.00 e. The summed E-state index contributed by atoms with van der Waals surface area (Å²) in [6.07, 6.45) is 0. The second-order valence-corrected chi connectivity index (χ2v) is 0.224. The van der Waals surface area contributed by atoms with E-state index in [0.29, 0.717) is 0 Å². The Bertz CT molecular complexity index is 30.5. The molecule has 0 aromatic heterocycles. The summed E-state index contributed by atoms with van der Waals surface area (Å²) in [6, 6.07) is 0. The molecule has 0 saturated carbocycles. The van der Waals surface area contributed by atoms with E-state index in [1.807, 2.05) is 0 Å². The summed E-state index contributed by atoms with van der Waals surface area (Å²) < 4.78 is 0. The average Bonchev–Trinajstić information content (AvgIpc) is 0.811. The molecule has 0 aliphatic heterocycles. The molecule has 1 radical (unpaired) electrons. The van der Waals surface area contributed by atoms with Crippen molar-refractivity contribution in [2.75, 3.05) is 0 Å². The van der Waals surface area contributed by atoms with Crippen LogP contribution in [0.3, 0.4) is 0 Å². The number of rotatable bonds is 0. The third-order valence-corrected chi connectivity index (χ3v) is 0. The van der Waals surface area contributed by atoms with Crippen LogP contribution in [0.2, 0.25) is 0 Å². The third-order valence-electron chi connectivity index (χ3n) is 0. The maximum Gasteiger partial charge on any atom is 3.00 e. The summed E-state index contributed by atoms with van der Waals surface area (Å²) in [5.74, 6) is 0. The van der Waals surface area contributed by atoms with E-state index in [1.54, 1.807) is 0 Å². The van der Waals surface area contributed by atoms with Crippen molar-refractivity contribution in [3.05, 3.63) is 15.3 Å². The number of hydrogen-bond acceptors (Lipinski definition) is 3. The summed E-state index contributed by atoms with van der Waals surface area (Å²) in [4.78, 5) is 8.25. The van der Waals surface area contributed by atoms with Gasteiger partial charge in [-0.25, -0.2) is 0 Å². The van der Waals surface area contributed by atoms with Crippen LogP contribution in [0.1, 0.15) is 0 Å². The standard InChI is InChI=1S/NO3.Nd.O/c2-1(3)4;;/q-1;+3;-2. The van der Waals surface area contributed by atoms with E-state index in [-0.39, 0.29) is 46.3 Å². The van der Waals surface area contributed by atoms with Gasteiger partial charge in [0.05, 0.1) is 5.09 Å². The fraction of sp³-hybridized carbons (Fsp3) is 0. The molecule has 0 N–H and O–H groups in total. The minimum absolute atomic E-state index is 0. The Hall–Kier alpha value is 0.511. The van der Waals surface area contributed by atoms with Crippen LogP contribution in [0, 0.1) is 56.2 Å². The Labute approximate surface area is 66.3 Å². The molecular formula is NNdO4. The zero-order valence-electron chi connectivity index (χ0n) is 2.58. The molecule has 0 aromatic carbocycles. The van der Waals surface area contributed by atoms with Crippen LogP contribution >= 0.6 is 0 Å². The Morgan fingerprint density at radius 3 is 1.33 bits per heavy atom. The summed E-state index contributed by atoms with van der Waals surface area (Å²) >= 11 is 0. The van der Waals surface area contributed by atoms with Crippen molar-refractivity contribution in [3.63, 3.8) is 0 Å². The fourth-order valence-electron chi connectivity index (χ4n) is 0. The fourth-order valence-corrected chi connectivity index (χ4v) is 0. The molecule has 5 nitrogen and oxygen atoms in total. The zero-order chi connectivity index (χ0) is 3.58. The second kappa shape index (κ2) is 9.10. The van der Waals surface area contributed by atoms with Gasteiger partial charge in [0.25, 0.3) is 0 Å². The molecule has 0 bridgehead atoms. The maximum atomic E-state index is 8.25. The van der Waals surface area contributed by atoms with E-state index in [2.05, 4.69) is 0 Å². The summed E-state index contributed by atoms with van der Waals surface area (Å²) in [5.41, 5.74) is 0. The molecular weight excluding hydrogens is 222 g/mol. The molecule has 6 heavy (non-hydrogen) atoms. The molecule has 0 amide bonds. The first-order valence-corrected chi connectivity index (χ1v) is 0.548. The Balaban J connectivity index is -0.0000000450. The summed E-state index contributed by atoms with van der Waals surface area (Å²) in [6.45, 7) is 0. The Morgan fingerprint density at radius 2 is 1.33 bits per heavy atom. The van der Waals surface area contributed by atoms with Crippen molar-refractivity contribution in [2.24, 2.45) is 0 Å². The predicted octanol–water partition coefficient (Wildman–Crippen LogP) is -0.358. The van der Waals surface area contributed by atoms with Crippen LogP contribution in [-0.4, -0.2) is 5.09 Å². The smallest absolute Gasteiger partial charge is 2.00 e. The monoisotopic (exact) mass is 220 g/mol. The van der Waals surface area contributed by atoms with Gasteiger partial charge in [0.15, 0.2) is 0 Å². The topological polar surface area (TPSA) is 94.7 Å². The van der Waals surface area contributed by atoms with Crippen molar-refractivity contribution in [1.29, 1.82) is 0 Å². The molecule has 0 aromatic rings. The summed E-state index contributed by atoms with van der Waals surface area (Å²) in [7, 11) is 0. The first kappa shape index (κ1) is 16.0. The second-order valence-electron chi connectivity index (χ2n) is 0.224. The van der Waals surface area contributed by atoms with Crippen molar-refractivity contribution < 1.29 is 51.4 Å². The van der Waals surface area contributed by atoms with Gasteiger partial charge in [-0.2, -0.15) is 0 Å². The SMILES string of the molecule is O=[N+]([O-])[O-].[Nd+3].[O-2]. The van der Waals surface area contributed by atoms with E-state index in [4.69, 9.17) is 15.3 Å². The van der Waals surface area contributed by atoms with Gasteiger partial charge in [-0.05, 0) is 0 Å². The zero-order valence-corrected chi connectivity index (χ0v) is 5.79. The first-order chi connectivity index (χ1) is 1.73. The molecule has 0 aliphatic carbocycles. The van der Waals surface area contributed by atoms with Gasteiger partial charge in [0, 0.05) is 0 Å². The van der Waals surface area contributed by atoms with Gasteiger partial charge in [0.1, 0.15) is 0 Å². The van der Waals surface area contributed by atoms with Gasteiger partial charge >= 0.3 is 40.8 Å². The van der Waals surface area contributed by atoms with Crippen molar-refractivity contribution in [3.8, 4) is 0 Å². The molecule has 0 unspecified atom stereocenters. The minimum atomic E-state index is -1.75. The van der Waals surface area contributed by atoms with E-state index < -0.39 is 5.09 Å². The molecule has 33 valence electrons. The Kier molecular flexibility index (Phi) is 24.3. The van der Waals surface area contributed by atoms with E-state index >= 15 is 0 Å². The molecule has 0 fully saturated rings. The van der Waals surface area contributed by atoms with Crippen LogP contribution in [0.15, 0.2) is 0 Å². The van der Waals surface area contributed by atoms with Gasteiger partial charge in [-0.1, -0.05) is 0 Å². The van der Waals surface area contributed by atoms with Crippen molar-refractivity contribution >= 4 is 0 Å². The van der Waals surface area contributed by atoms with Crippen LogP contribution < -0.4 is 0 Å². The van der Waals surface area contributed by atoms with Crippen molar-refractivity contribution in [1.82, 2.24) is 0 Å². The van der Waals surface area contributed by atoms with Crippen LogP contribution in [0.5, 0.6) is 0 Å². The van der Waals surface area contributed by atoms with E-state index in [0.717, 1.165) is 0 Å². The van der Waals surface area contributed by atoms with Crippen LogP contribution in [-0.2, 0) is 5.48 Å². The average molecular weight is 222 g/mol. The number of hydrogen-bond donors (Lipinski definition) is 0. The normalized spacial score (nSPS) is 4.00. The van der Waals surface area contributed by atoms with Gasteiger partial charge < -0.3 is 20.8 Å². The molecule has 0 saturated heterocycles. The molecule has 0 rings (SSSR count). The van der Waals surface area contributed by atoms with E-state index in [9.17, 15) is 0 Å². The predicted molar refractivity (Wildman–Crippen MR) is 11.0 cm³/mol. The largest absolute Gasteiger partial charge is 3.00 e. The van der Waals surface area contributed by atoms with Gasteiger partial charge in [0.2, 0.25) is 0 Å². The molecule has 0 aliphatic rings. The molecule has 0 spiro atoms. The van der Waals surface area contributed by atoms with Gasteiger partial charge in [-0.15, -0.1) is 0 Å². The first-order valence-electron chi connectivity index (χ1n) is 0.548. The van der Waals surface area contributed by atoms with E-state index in [1.165, 1.54) is 0 Å². The molecule has 0 heterocycles. The Morgan fingerprint density at radius 1 is 1.33 bits per heavy atom. The maximum absolute atomic E-state index is 8.25. The third kappa shape index (κ3) is 213. The van der Waals surface area contributed by atoms with Crippen LogP contribution in [0.4, 0.5) is 0 Å². The van der Waals surface area contributed by atoms with Crippen molar-refractivity contribution in [2.45, 2.75) is 0 Å². The quantitative estimate of drug-likeness (QED) is 0.413. The van der Waals surface area contributed by atoms with Gasteiger partial charge in [-0.3, -0.25) is 0 Å². The molecule has 6 heteroatoms. The van der Waals surface area contributed by atoms with Crippen LogP contribution in [0.25, 0.3) is 0 Å². The number of nitrogens with zero attached hydrogens (tertiary/aromatic N) is 1. The molecule has 0 atom stereocenters.